The highest BCUT2D eigenvalue weighted by Gasteiger charge is 2.25. The van der Waals surface area contributed by atoms with Gasteiger partial charge in [-0.15, -0.1) is 0 Å². The Morgan fingerprint density at radius 2 is 0.978 bits per heavy atom. The molecule has 2 aliphatic rings. The Hall–Kier alpha value is -5.92. The molecule has 0 aromatic heterocycles. The van der Waals surface area contributed by atoms with Crippen LogP contribution in [0.1, 0.15) is 11.1 Å². The molecule has 0 saturated heterocycles. The lowest BCUT2D eigenvalue weighted by molar-refractivity contribution is 0.489. The van der Waals surface area contributed by atoms with Crippen LogP contribution in [0.2, 0.25) is 0 Å². The number of para-hydroxylation sites is 1. The van der Waals surface area contributed by atoms with Crippen LogP contribution in [-0.2, 0) is 6.42 Å². The van der Waals surface area contributed by atoms with Gasteiger partial charge in [-0.3, -0.25) is 0 Å². The van der Waals surface area contributed by atoms with E-state index in [-0.39, 0.29) is 0 Å². The van der Waals surface area contributed by atoms with Crippen LogP contribution < -0.4 is 4.74 Å². The Morgan fingerprint density at radius 3 is 1.85 bits per heavy atom. The van der Waals surface area contributed by atoms with Crippen LogP contribution in [0.25, 0.3) is 77.2 Å². The molecule has 1 heterocycles. The van der Waals surface area contributed by atoms with Gasteiger partial charge in [0.1, 0.15) is 11.5 Å². The zero-order chi connectivity index (χ0) is 30.2. The maximum Gasteiger partial charge on any atom is 0.143 e. The Bertz CT molecular complexity index is 2540. The minimum Gasteiger partial charge on any atom is -0.455 e. The summed E-state index contributed by atoms with van der Waals surface area (Å²) in [6.07, 6.45) is 0.979. The normalized spacial score (nSPS) is 12.4. The van der Waals surface area contributed by atoms with Crippen LogP contribution in [0.5, 0.6) is 11.5 Å². The van der Waals surface area contributed by atoms with Gasteiger partial charge in [0.2, 0.25) is 0 Å². The second-order valence-electron chi connectivity index (χ2n) is 12.4. The van der Waals surface area contributed by atoms with Gasteiger partial charge in [0.15, 0.2) is 0 Å². The summed E-state index contributed by atoms with van der Waals surface area (Å²) in [5.74, 6) is 1.84. The summed E-state index contributed by atoms with van der Waals surface area (Å²) in [6.45, 7) is 0. The summed E-state index contributed by atoms with van der Waals surface area (Å²) >= 11 is 0. The SMILES string of the molecule is c1cc(-c2cccc(-c3cccc4c3Oc3cc5ccccc5c5cccc-4c35)c2)cc(-c2cccc3c2Cc2ccccc2-3)c1. The topological polar surface area (TPSA) is 9.23 Å². The molecule has 214 valence electrons. The Balaban J connectivity index is 1.07. The number of rotatable bonds is 3. The van der Waals surface area contributed by atoms with Crippen LogP contribution in [0.4, 0.5) is 0 Å². The monoisotopic (exact) mass is 584 g/mol. The van der Waals surface area contributed by atoms with Crippen molar-refractivity contribution >= 4 is 21.5 Å². The molecule has 0 bridgehead atoms. The van der Waals surface area contributed by atoms with Crippen molar-refractivity contribution in [2.24, 2.45) is 0 Å². The highest BCUT2D eigenvalue weighted by molar-refractivity contribution is 6.16. The van der Waals surface area contributed by atoms with E-state index in [1.54, 1.807) is 0 Å². The van der Waals surface area contributed by atoms with Gasteiger partial charge in [-0.1, -0.05) is 140 Å². The number of hydrogen-bond acceptors (Lipinski definition) is 1. The van der Waals surface area contributed by atoms with Crippen LogP contribution in [0.15, 0.2) is 158 Å². The molecule has 0 spiro atoms. The molecule has 8 aromatic rings. The number of ether oxygens (including phenoxy) is 1. The fraction of sp³-hybridized carbons (Fsp3) is 0.0222. The van der Waals surface area contributed by atoms with Crippen molar-refractivity contribution in [3.63, 3.8) is 0 Å². The summed E-state index contributed by atoms with van der Waals surface area (Å²) in [6, 6.07) is 57.3. The van der Waals surface area contributed by atoms with Gasteiger partial charge < -0.3 is 4.74 Å². The molecular weight excluding hydrogens is 556 g/mol. The molecule has 1 aliphatic carbocycles. The molecule has 0 radical (unpaired) electrons. The van der Waals surface area contributed by atoms with E-state index in [1.807, 2.05) is 0 Å². The zero-order valence-electron chi connectivity index (χ0n) is 25.1. The van der Waals surface area contributed by atoms with Crippen molar-refractivity contribution in [2.45, 2.75) is 6.42 Å². The lowest BCUT2D eigenvalue weighted by Gasteiger charge is -2.24. The maximum absolute atomic E-state index is 6.84. The third-order valence-corrected chi connectivity index (χ3v) is 9.90. The Kier molecular flexibility index (Phi) is 5.41. The van der Waals surface area contributed by atoms with Crippen LogP contribution in [0.3, 0.4) is 0 Å². The molecule has 0 saturated carbocycles. The second kappa shape index (κ2) is 9.79. The summed E-state index contributed by atoms with van der Waals surface area (Å²) in [4.78, 5) is 0. The summed E-state index contributed by atoms with van der Waals surface area (Å²) in [7, 11) is 0. The third kappa shape index (κ3) is 3.76. The average molecular weight is 585 g/mol. The van der Waals surface area contributed by atoms with Crippen molar-refractivity contribution in [1.82, 2.24) is 0 Å². The first kappa shape index (κ1) is 25.4. The van der Waals surface area contributed by atoms with Crippen molar-refractivity contribution < 1.29 is 4.74 Å². The number of hydrogen-bond donors (Lipinski definition) is 0. The molecule has 0 atom stereocenters. The van der Waals surface area contributed by atoms with E-state index in [9.17, 15) is 0 Å². The summed E-state index contributed by atoms with van der Waals surface area (Å²) in [5, 5.41) is 4.87. The molecule has 10 rings (SSSR count). The molecule has 0 fully saturated rings. The predicted molar refractivity (Wildman–Crippen MR) is 192 cm³/mol. The highest BCUT2D eigenvalue weighted by Crippen LogP contribution is 2.52. The number of fused-ring (bicyclic) bond motifs is 7. The van der Waals surface area contributed by atoms with Gasteiger partial charge >= 0.3 is 0 Å². The van der Waals surface area contributed by atoms with E-state index < -0.39 is 0 Å². The molecule has 0 unspecified atom stereocenters. The van der Waals surface area contributed by atoms with Crippen LogP contribution >= 0.6 is 0 Å². The van der Waals surface area contributed by atoms with Gasteiger partial charge in [-0.2, -0.15) is 0 Å². The first-order valence-electron chi connectivity index (χ1n) is 16.0. The van der Waals surface area contributed by atoms with Gasteiger partial charge in [0.25, 0.3) is 0 Å². The van der Waals surface area contributed by atoms with Crippen LogP contribution in [0, 0.1) is 0 Å². The predicted octanol–water partition coefficient (Wildman–Crippen LogP) is 12.3. The zero-order valence-corrected chi connectivity index (χ0v) is 25.1. The molecule has 1 nitrogen and oxygen atoms in total. The molecule has 1 aliphatic heterocycles. The highest BCUT2D eigenvalue weighted by atomic mass is 16.5. The third-order valence-electron chi connectivity index (χ3n) is 9.90. The lowest BCUT2D eigenvalue weighted by Crippen LogP contribution is -1.99. The fourth-order valence-corrected chi connectivity index (χ4v) is 7.79. The summed E-state index contributed by atoms with van der Waals surface area (Å²) in [5.41, 5.74) is 15.1. The van der Waals surface area contributed by atoms with E-state index in [4.69, 9.17) is 4.74 Å². The summed E-state index contributed by atoms with van der Waals surface area (Å²) < 4.78 is 6.84. The van der Waals surface area contributed by atoms with Crippen LogP contribution in [-0.4, -0.2) is 0 Å². The molecule has 8 aromatic carbocycles. The largest absolute Gasteiger partial charge is 0.455 e. The maximum atomic E-state index is 6.84. The Morgan fingerprint density at radius 1 is 0.391 bits per heavy atom. The molecule has 46 heavy (non-hydrogen) atoms. The quantitative estimate of drug-likeness (QED) is 0.188. The van der Waals surface area contributed by atoms with Crippen molar-refractivity contribution in [3.8, 4) is 67.1 Å². The minimum absolute atomic E-state index is 0.920. The van der Waals surface area contributed by atoms with E-state index in [1.165, 1.54) is 71.6 Å². The minimum atomic E-state index is 0.920. The van der Waals surface area contributed by atoms with E-state index in [0.29, 0.717) is 0 Å². The lowest BCUT2D eigenvalue weighted by atomic mass is 9.89. The van der Waals surface area contributed by atoms with Crippen molar-refractivity contribution in [1.29, 1.82) is 0 Å². The van der Waals surface area contributed by atoms with E-state index in [2.05, 4.69) is 158 Å². The van der Waals surface area contributed by atoms with Crippen molar-refractivity contribution in [2.75, 3.05) is 0 Å². The van der Waals surface area contributed by atoms with Gasteiger partial charge in [-0.05, 0) is 96.4 Å². The first-order valence-corrected chi connectivity index (χ1v) is 16.0. The fourth-order valence-electron chi connectivity index (χ4n) is 7.79. The molecular formula is C45H28O. The molecule has 0 N–H and O–H groups in total. The Labute approximate surface area is 268 Å². The van der Waals surface area contributed by atoms with Gasteiger partial charge in [-0.25, -0.2) is 0 Å². The van der Waals surface area contributed by atoms with E-state index in [0.717, 1.165) is 34.6 Å². The van der Waals surface area contributed by atoms with E-state index >= 15 is 0 Å². The van der Waals surface area contributed by atoms with Gasteiger partial charge in [0, 0.05) is 16.5 Å². The average Bonchev–Trinajstić information content (AvgIpc) is 3.51. The number of benzene rings is 8. The van der Waals surface area contributed by atoms with Crippen molar-refractivity contribution in [3.05, 3.63) is 169 Å². The standard InChI is InChI=1S/C45H28O/c1-3-16-34-32(10-1)26-42-36(18-7-20-38(34)42)30-14-5-12-28(24-30)29-13-6-15-31(25-29)37-19-8-23-41-40-22-9-21-39-35-17-4-2-11-33(35)27-43(44(39)40)46-45(37)41/h1-25,27H,26H2. The smallest absolute Gasteiger partial charge is 0.143 e. The first-order chi connectivity index (χ1) is 22.8. The molecule has 1 heteroatoms. The van der Waals surface area contributed by atoms with Gasteiger partial charge in [0.05, 0.1) is 0 Å². The second-order valence-corrected chi connectivity index (χ2v) is 12.4. The molecule has 0 amide bonds.